The molecule has 1 heterocycles. The molecule has 1 fully saturated rings. The van der Waals surface area contributed by atoms with Crippen molar-refractivity contribution in [3.8, 4) is 0 Å². The maximum absolute atomic E-state index is 13.2. The highest BCUT2D eigenvalue weighted by atomic mass is 16.6. The SMILES string of the molecule is C=CCOC(=O)C1(C(=O)OCC=C)N(C(C(=O)OC(C)(C)C)C(C)C)C(=O)CC1(C)O. The van der Waals surface area contributed by atoms with Crippen LogP contribution < -0.4 is 0 Å². The summed E-state index contributed by atoms with van der Waals surface area (Å²) in [6.45, 7) is 15.7. The first-order valence-corrected chi connectivity index (χ1v) is 10.0. The number of carbonyl (C=O) groups is 4. The van der Waals surface area contributed by atoms with E-state index in [0.29, 0.717) is 0 Å². The summed E-state index contributed by atoms with van der Waals surface area (Å²) in [6.07, 6.45) is 1.93. The third kappa shape index (κ3) is 5.15. The van der Waals surface area contributed by atoms with E-state index in [0.717, 1.165) is 11.8 Å². The lowest BCUT2D eigenvalue weighted by atomic mass is 9.80. The minimum absolute atomic E-state index is 0.286. The second-order valence-corrected chi connectivity index (χ2v) is 8.92. The van der Waals surface area contributed by atoms with Gasteiger partial charge in [-0.1, -0.05) is 39.2 Å². The first kappa shape index (κ1) is 26.4. The van der Waals surface area contributed by atoms with Crippen molar-refractivity contribution in [2.24, 2.45) is 5.92 Å². The van der Waals surface area contributed by atoms with Crippen LogP contribution in [0.25, 0.3) is 0 Å². The number of hydrogen-bond acceptors (Lipinski definition) is 8. The Kier molecular flexibility index (Phi) is 8.19. The number of esters is 3. The van der Waals surface area contributed by atoms with E-state index < -0.39 is 58.9 Å². The standard InChI is InChI=1S/C22H33NO8/c1-9-11-29-18(26)22(19(27)30-12-10-2)21(8,28)13-15(24)23(22)16(14(3)4)17(25)31-20(5,6)7/h9-10,14,16,28H,1-2,11-13H2,3-8H3. The van der Waals surface area contributed by atoms with E-state index in [2.05, 4.69) is 13.2 Å². The highest BCUT2D eigenvalue weighted by molar-refractivity contribution is 6.13. The zero-order valence-corrected chi connectivity index (χ0v) is 19.1. The third-order valence-electron chi connectivity index (χ3n) is 4.72. The number of nitrogens with zero attached hydrogens (tertiary/aromatic N) is 1. The van der Waals surface area contributed by atoms with Gasteiger partial charge in [0, 0.05) is 0 Å². The van der Waals surface area contributed by atoms with Crippen molar-refractivity contribution in [2.45, 2.75) is 70.7 Å². The van der Waals surface area contributed by atoms with Crippen molar-refractivity contribution in [3.05, 3.63) is 25.3 Å². The molecule has 0 aromatic rings. The van der Waals surface area contributed by atoms with E-state index in [4.69, 9.17) is 14.2 Å². The molecule has 1 amide bonds. The first-order chi connectivity index (χ1) is 14.2. The summed E-state index contributed by atoms with van der Waals surface area (Å²) in [5.74, 6) is -4.66. The molecule has 0 aromatic carbocycles. The number of carbonyl (C=O) groups excluding carboxylic acids is 4. The Morgan fingerprint density at radius 2 is 1.58 bits per heavy atom. The molecule has 1 saturated heterocycles. The number of hydrogen-bond donors (Lipinski definition) is 1. The first-order valence-electron chi connectivity index (χ1n) is 10.0. The molecular formula is C22H33NO8. The minimum atomic E-state index is -2.62. The smallest absolute Gasteiger partial charge is 0.347 e. The van der Waals surface area contributed by atoms with Gasteiger partial charge in [0.2, 0.25) is 5.91 Å². The highest BCUT2D eigenvalue weighted by Crippen LogP contribution is 2.44. The second kappa shape index (κ2) is 9.64. The van der Waals surface area contributed by atoms with Crippen molar-refractivity contribution >= 4 is 23.8 Å². The van der Waals surface area contributed by atoms with Gasteiger partial charge in [0.25, 0.3) is 5.54 Å². The van der Waals surface area contributed by atoms with Crippen molar-refractivity contribution in [2.75, 3.05) is 13.2 Å². The van der Waals surface area contributed by atoms with Crippen molar-refractivity contribution < 1.29 is 38.5 Å². The Bertz CT molecular complexity index is 723. The molecule has 0 saturated carbocycles. The van der Waals surface area contributed by atoms with Crippen LogP contribution in [0.3, 0.4) is 0 Å². The lowest BCUT2D eigenvalue weighted by Gasteiger charge is -2.44. The summed E-state index contributed by atoms with van der Waals surface area (Å²) in [5, 5.41) is 11.2. The molecule has 0 aliphatic carbocycles. The Balaban J connectivity index is 3.76. The van der Waals surface area contributed by atoms with Crippen LogP contribution in [0.5, 0.6) is 0 Å². The van der Waals surface area contributed by atoms with Crippen molar-refractivity contribution in [1.29, 1.82) is 0 Å². The maximum Gasteiger partial charge on any atom is 0.347 e. The third-order valence-corrected chi connectivity index (χ3v) is 4.72. The number of amides is 1. The Labute approximate surface area is 183 Å². The van der Waals surface area contributed by atoms with Gasteiger partial charge in [-0.05, 0) is 33.6 Å². The molecular weight excluding hydrogens is 406 g/mol. The van der Waals surface area contributed by atoms with Gasteiger partial charge in [-0.3, -0.25) is 4.79 Å². The summed E-state index contributed by atoms with van der Waals surface area (Å²) in [5.41, 5.74) is -5.75. The van der Waals surface area contributed by atoms with Gasteiger partial charge in [0.1, 0.15) is 30.5 Å². The van der Waals surface area contributed by atoms with E-state index >= 15 is 0 Å². The van der Waals surface area contributed by atoms with Crippen LogP contribution in [-0.2, 0) is 33.4 Å². The van der Waals surface area contributed by atoms with E-state index in [9.17, 15) is 24.3 Å². The largest absolute Gasteiger partial charge is 0.459 e. The fourth-order valence-electron chi connectivity index (χ4n) is 3.55. The van der Waals surface area contributed by atoms with Gasteiger partial charge in [0.05, 0.1) is 6.42 Å². The fourth-order valence-corrected chi connectivity index (χ4v) is 3.55. The molecule has 2 unspecified atom stereocenters. The van der Waals surface area contributed by atoms with Crippen LogP contribution >= 0.6 is 0 Å². The van der Waals surface area contributed by atoms with Crippen LogP contribution in [0.1, 0.15) is 48.0 Å². The molecule has 1 N–H and O–H groups in total. The van der Waals surface area contributed by atoms with Gasteiger partial charge in [-0.15, -0.1) is 0 Å². The zero-order chi connectivity index (χ0) is 24.2. The number of rotatable bonds is 9. The van der Waals surface area contributed by atoms with Crippen LogP contribution in [0.2, 0.25) is 0 Å². The van der Waals surface area contributed by atoms with Gasteiger partial charge in [-0.2, -0.15) is 0 Å². The van der Waals surface area contributed by atoms with E-state index in [1.54, 1.807) is 34.6 Å². The maximum atomic E-state index is 13.2. The molecule has 0 spiro atoms. The monoisotopic (exact) mass is 439 g/mol. The molecule has 2 atom stereocenters. The molecule has 1 aliphatic rings. The Morgan fingerprint density at radius 1 is 1.13 bits per heavy atom. The predicted octanol–water partition coefficient (Wildman–Crippen LogP) is 1.53. The van der Waals surface area contributed by atoms with E-state index in [-0.39, 0.29) is 13.2 Å². The average molecular weight is 440 g/mol. The van der Waals surface area contributed by atoms with E-state index in [1.807, 2.05) is 0 Å². The molecule has 0 radical (unpaired) electrons. The molecule has 31 heavy (non-hydrogen) atoms. The molecule has 0 bridgehead atoms. The fraction of sp³-hybridized carbons (Fsp3) is 0.636. The number of likely N-dealkylation sites (tertiary alicyclic amines) is 1. The van der Waals surface area contributed by atoms with Crippen molar-refractivity contribution in [3.63, 3.8) is 0 Å². The van der Waals surface area contributed by atoms with Crippen LogP contribution in [-0.4, -0.2) is 69.8 Å². The molecule has 1 aliphatic heterocycles. The van der Waals surface area contributed by atoms with Crippen LogP contribution in [0.15, 0.2) is 25.3 Å². The Hall–Kier alpha value is -2.68. The van der Waals surface area contributed by atoms with Gasteiger partial charge in [0.15, 0.2) is 0 Å². The summed E-state index contributed by atoms with van der Waals surface area (Å²) in [6, 6.07) is -1.37. The lowest BCUT2D eigenvalue weighted by Crippen LogP contribution is -2.72. The minimum Gasteiger partial charge on any atom is -0.459 e. The topological polar surface area (TPSA) is 119 Å². The summed E-state index contributed by atoms with van der Waals surface area (Å²) in [4.78, 5) is 53.4. The van der Waals surface area contributed by atoms with Crippen molar-refractivity contribution in [1.82, 2.24) is 4.90 Å². The summed E-state index contributed by atoms with van der Waals surface area (Å²) >= 11 is 0. The quantitative estimate of drug-likeness (QED) is 0.249. The van der Waals surface area contributed by atoms with E-state index in [1.165, 1.54) is 12.2 Å². The molecule has 174 valence electrons. The predicted molar refractivity (Wildman–Crippen MR) is 112 cm³/mol. The molecule has 9 nitrogen and oxygen atoms in total. The van der Waals surface area contributed by atoms with Crippen LogP contribution in [0.4, 0.5) is 0 Å². The number of aliphatic hydroxyl groups is 1. The normalized spacial score (nSPS) is 21.4. The highest BCUT2D eigenvalue weighted by Gasteiger charge is 2.73. The number of ether oxygens (including phenoxy) is 3. The molecule has 1 rings (SSSR count). The van der Waals surface area contributed by atoms with Crippen LogP contribution in [0, 0.1) is 5.92 Å². The van der Waals surface area contributed by atoms with Gasteiger partial charge < -0.3 is 24.2 Å². The zero-order valence-electron chi connectivity index (χ0n) is 19.1. The van der Waals surface area contributed by atoms with Gasteiger partial charge in [-0.25, -0.2) is 14.4 Å². The molecule has 0 aromatic heterocycles. The Morgan fingerprint density at radius 3 is 1.94 bits per heavy atom. The second-order valence-electron chi connectivity index (χ2n) is 8.92. The summed E-state index contributed by atoms with van der Waals surface area (Å²) in [7, 11) is 0. The van der Waals surface area contributed by atoms with Gasteiger partial charge >= 0.3 is 17.9 Å². The molecule has 9 heteroatoms. The summed E-state index contributed by atoms with van der Waals surface area (Å²) < 4.78 is 15.7. The average Bonchev–Trinajstić information content (AvgIpc) is 2.82. The lowest BCUT2D eigenvalue weighted by molar-refractivity contribution is -0.194.